The Kier molecular flexibility index (Phi) is 1.22. The highest BCUT2D eigenvalue weighted by Crippen LogP contribution is 2.30. The number of fused-ring (bicyclic) bond motifs is 1. The molecule has 1 saturated carbocycles. The summed E-state index contributed by atoms with van der Waals surface area (Å²) in [6.45, 7) is 2.11. The van der Waals surface area contributed by atoms with Gasteiger partial charge >= 0.3 is 0 Å². The summed E-state index contributed by atoms with van der Waals surface area (Å²) in [7, 11) is 2.16. The molecule has 0 unspecified atom stereocenters. The van der Waals surface area contributed by atoms with Crippen LogP contribution >= 0.6 is 0 Å². The van der Waals surface area contributed by atoms with E-state index in [2.05, 4.69) is 23.9 Å². The lowest BCUT2D eigenvalue weighted by Crippen LogP contribution is -2.32. The summed E-state index contributed by atoms with van der Waals surface area (Å²) in [5, 5.41) is 0. The second-order valence-corrected chi connectivity index (χ2v) is 3.35. The van der Waals surface area contributed by atoms with Crippen molar-refractivity contribution in [2.75, 3.05) is 7.05 Å². The molecule has 0 spiro atoms. The molecule has 1 aliphatic carbocycles. The van der Waals surface area contributed by atoms with E-state index < -0.39 is 0 Å². The zero-order chi connectivity index (χ0) is 7.14. The summed E-state index contributed by atoms with van der Waals surface area (Å²) in [4.78, 5) is 6.91. The lowest BCUT2D eigenvalue weighted by molar-refractivity contribution is 0.379. The molecule has 0 amide bonds. The highest BCUT2D eigenvalue weighted by Gasteiger charge is 2.35. The molecule has 0 saturated heterocycles. The van der Waals surface area contributed by atoms with Gasteiger partial charge in [0.05, 0.1) is 17.9 Å². The summed E-state index contributed by atoms with van der Waals surface area (Å²) in [5.41, 5.74) is 0. The predicted octanol–water partition coefficient (Wildman–Crippen LogP) is 1.27. The van der Waals surface area contributed by atoms with E-state index in [9.17, 15) is 0 Å². The summed E-state index contributed by atoms with van der Waals surface area (Å²) in [6.07, 6.45) is 4.03. The maximum atomic E-state index is 4.57. The van der Waals surface area contributed by atoms with Crippen molar-refractivity contribution in [3.05, 3.63) is 0 Å². The van der Waals surface area contributed by atoms with Crippen LogP contribution in [0.1, 0.15) is 26.2 Å². The van der Waals surface area contributed by atoms with Crippen LogP contribution in [0.25, 0.3) is 0 Å². The molecule has 1 fully saturated rings. The van der Waals surface area contributed by atoms with E-state index in [1.54, 1.807) is 0 Å². The number of likely N-dealkylation sites (N-methyl/N-ethyl adjacent to an activating group) is 1. The van der Waals surface area contributed by atoms with Crippen molar-refractivity contribution >= 4 is 5.84 Å². The Morgan fingerprint density at radius 2 is 2.30 bits per heavy atom. The van der Waals surface area contributed by atoms with E-state index in [0.29, 0.717) is 6.04 Å². The lowest BCUT2D eigenvalue weighted by atomic mass is 10.2. The first-order valence-corrected chi connectivity index (χ1v) is 4.06. The van der Waals surface area contributed by atoms with Crippen LogP contribution in [0, 0.1) is 0 Å². The van der Waals surface area contributed by atoms with Crippen molar-refractivity contribution in [1.82, 2.24) is 4.90 Å². The number of aliphatic imine (C=N–C) groups is 1. The first-order valence-electron chi connectivity index (χ1n) is 4.06. The van der Waals surface area contributed by atoms with Crippen LogP contribution in [0.3, 0.4) is 0 Å². The van der Waals surface area contributed by atoms with Crippen LogP contribution in [0.2, 0.25) is 0 Å². The first kappa shape index (κ1) is 6.20. The zero-order valence-electron chi connectivity index (χ0n) is 6.67. The van der Waals surface area contributed by atoms with E-state index >= 15 is 0 Å². The lowest BCUT2D eigenvalue weighted by Gasteiger charge is -2.19. The molecule has 0 N–H and O–H groups in total. The topological polar surface area (TPSA) is 15.6 Å². The Hall–Kier alpha value is -0.530. The molecule has 56 valence electrons. The van der Waals surface area contributed by atoms with Gasteiger partial charge in [-0.05, 0) is 26.2 Å². The average molecular weight is 138 g/mol. The van der Waals surface area contributed by atoms with Crippen molar-refractivity contribution < 1.29 is 0 Å². The number of rotatable bonds is 0. The Bertz CT molecular complexity index is 174. The number of hydrogen-bond acceptors (Lipinski definition) is 2. The smallest absolute Gasteiger partial charge is 0.0962 e. The Labute approximate surface area is 61.9 Å². The zero-order valence-corrected chi connectivity index (χ0v) is 6.67. The van der Waals surface area contributed by atoms with Gasteiger partial charge in [-0.2, -0.15) is 0 Å². The molecule has 0 aromatic heterocycles. The van der Waals surface area contributed by atoms with E-state index in [4.69, 9.17) is 0 Å². The molecule has 2 atom stereocenters. The van der Waals surface area contributed by atoms with Crippen LogP contribution in [-0.2, 0) is 0 Å². The van der Waals surface area contributed by atoms with Gasteiger partial charge in [-0.1, -0.05) is 0 Å². The molecule has 0 bridgehead atoms. The second-order valence-electron chi connectivity index (χ2n) is 3.35. The van der Waals surface area contributed by atoms with Crippen LogP contribution in [-0.4, -0.2) is 29.9 Å². The van der Waals surface area contributed by atoms with Crippen molar-refractivity contribution in [1.29, 1.82) is 0 Å². The third kappa shape index (κ3) is 0.678. The van der Waals surface area contributed by atoms with E-state index in [1.807, 2.05) is 0 Å². The van der Waals surface area contributed by atoms with Gasteiger partial charge in [0.25, 0.3) is 0 Å². The molecular weight excluding hydrogens is 124 g/mol. The molecule has 1 aliphatic heterocycles. The second kappa shape index (κ2) is 1.97. The summed E-state index contributed by atoms with van der Waals surface area (Å²) in [5.74, 6) is 1.23. The molecule has 2 aliphatic rings. The number of amidine groups is 1. The highest BCUT2D eigenvalue weighted by molar-refractivity contribution is 5.82. The first-order chi connectivity index (χ1) is 4.79. The molecule has 0 aromatic rings. The summed E-state index contributed by atoms with van der Waals surface area (Å²) in [6, 6.07) is 1.39. The van der Waals surface area contributed by atoms with Gasteiger partial charge in [-0.25, -0.2) is 0 Å². The Morgan fingerprint density at radius 3 is 3.00 bits per heavy atom. The van der Waals surface area contributed by atoms with Crippen molar-refractivity contribution in [2.24, 2.45) is 4.99 Å². The summed E-state index contributed by atoms with van der Waals surface area (Å²) < 4.78 is 0. The van der Waals surface area contributed by atoms with Crippen LogP contribution in [0.4, 0.5) is 0 Å². The van der Waals surface area contributed by atoms with Gasteiger partial charge in [0.2, 0.25) is 0 Å². The van der Waals surface area contributed by atoms with Gasteiger partial charge in [0.1, 0.15) is 0 Å². The van der Waals surface area contributed by atoms with Crippen molar-refractivity contribution in [3.8, 4) is 0 Å². The third-order valence-corrected chi connectivity index (χ3v) is 2.80. The van der Waals surface area contributed by atoms with Crippen LogP contribution < -0.4 is 0 Å². The molecule has 2 nitrogen and oxygen atoms in total. The summed E-state index contributed by atoms with van der Waals surface area (Å²) >= 11 is 0. The van der Waals surface area contributed by atoms with Gasteiger partial charge in [0, 0.05) is 7.05 Å². The standard InChI is InChI=1S/C8H14N2/c1-6-9-7-4-3-5-8(7)10(6)2/h7-8H,3-5H2,1-2H3/t7-,8+/m0/s1. The molecule has 1 heterocycles. The van der Waals surface area contributed by atoms with Crippen molar-refractivity contribution in [2.45, 2.75) is 38.3 Å². The quantitative estimate of drug-likeness (QED) is 0.492. The van der Waals surface area contributed by atoms with Gasteiger partial charge < -0.3 is 4.90 Å². The van der Waals surface area contributed by atoms with E-state index in [1.165, 1.54) is 25.1 Å². The minimum Gasteiger partial charge on any atom is -0.359 e. The molecular formula is C8H14N2. The monoisotopic (exact) mass is 138 g/mol. The molecule has 10 heavy (non-hydrogen) atoms. The fraction of sp³-hybridized carbons (Fsp3) is 0.875. The average Bonchev–Trinajstić information content (AvgIpc) is 2.41. The Balaban J connectivity index is 2.20. The van der Waals surface area contributed by atoms with E-state index in [-0.39, 0.29) is 0 Å². The van der Waals surface area contributed by atoms with Crippen molar-refractivity contribution in [3.63, 3.8) is 0 Å². The number of hydrogen-bond donors (Lipinski definition) is 0. The minimum atomic E-state index is 0.644. The van der Waals surface area contributed by atoms with Gasteiger partial charge in [-0.15, -0.1) is 0 Å². The fourth-order valence-electron chi connectivity index (χ4n) is 2.09. The van der Waals surface area contributed by atoms with Gasteiger partial charge in [-0.3, -0.25) is 4.99 Å². The predicted molar refractivity (Wildman–Crippen MR) is 42.3 cm³/mol. The SMILES string of the molecule is CC1=N[C@H]2CCC[C@H]2N1C. The normalized spacial score (nSPS) is 38.2. The maximum absolute atomic E-state index is 4.57. The minimum absolute atomic E-state index is 0.644. The highest BCUT2D eigenvalue weighted by atomic mass is 15.3. The molecule has 0 aromatic carbocycles. The molecule has 0 radical (unpaired) electrons. The fourth-order valence-corrected chi connectivity index (χ4v) is 2.09. The van der Waals surface area contributed by atoms with E-state index in [0.717, 1.165) is 6.04 Å². The van der Waals surface area contributed by atoms with Crippen LogP contribution in [0.5, 0.6) is 0 Å². The van der Waals surface area contributed by atoms with Gasteiger partial charge in [0.15, 0.2) is 0 Å². The molecule has 2 rings (SSSR count). The maximum Gasteiger partial charge on any atom is 0.0962 e. The van der Waals surface area contributed by atoms with Crippen LogP contribution in [0.15, 0.2) is 4.99 Å². The third-order valence-electron chi connectivity index (χ3n) is 2.80. The molecule has 2 heteroatoms. The Morgan fingerprint density at radius 1 is 1.50 bits per heavy atom. The largest absolute Gasteiger partial charge is 0.359 e. The number of nitrogens with zero attached hydrogens (tertiary/aromatic N) is 2.